The predicted molar refractivity (Wildman–Crippen MR) is 136 cm³/mol. The summed E-state index contributed by atoms with van der Waals surface area (Å²) in [6.45, 7) is 11.7. The Morgan fingerprint density at radius 3 is 2.55 bits per heavy atom. The van der Waals surface area contributed by atoms with Crippen LogP contribution in [0.5, 0.6) is 0 Å². The number of carbonyl (C=O) groups excluding carboxylic acids is 2. The highest BCUT2D eigenvalue weighted by molar-refractivity contribution is 14.2. The molecular formula is C20H34IN5O6S. The molecule has 11 nitrogen and oxygen atoms in total. The molecule has 33 heavy (non-hydrogen) atoms. The highest BCUT2D eigenvalue weighted by Gasteiger charge is 2.56. The van der Waals surface area contributed by atoms with Crippen LogP contribution in [0.25, 0.3) is 0 Å². The predicted octanol–water partition coefficient (Wildman–Crippen LogP) is 3.16. The van der Waals surface area contributed by atoms with Gasteiger partial charge in [0.15, 0.2) is 23.5 Å². The number of halogens is 1. The number of amides is 1. The van der Waals surface area contributed by atoms with E-state index in [1.165, 1.54) is 22.6 Å². The van der Waals surface area contributed by atoms with Gasteiger partial charge in [-0.15, -0.1) is 0 Å². The average molecular weight is 599 g/mol. The molecule has 2 saturated heterocycles. The number of hydrogen-bond donors (Lipinski definition) is 2. The number of nitrogens with zero attached hydrogens (tertiary/aromatic N) is 3. The number of nitrogens with two attached hydrogens (primary N) is 1. The summed E-state index contributed by atoms with van der Waals surface area (Å²) in [6, 6.07) is 0. The average Bonchev–Trinajstić information content (AvgIpc) is 3.44. The van der Waals surface area contributed by atoms with Gasteiger partial charge in [-0.3, -0.25) is 9.36 Å². The van der Waals surface area contributed by atoms with Gasteiger partial charge in [0.25, 0.3) is 5.91 Å². The molecule has 0 radical (unpaired) electrons. The van der Waals surface area contributed by atoms with Gasteiger partial charge in [0.1, 0.15) is 24.6 Å². The van der Waals surface area contributed by atoms with E-state index >= 15 is 0 Å². The number of fused-ring (bicyclic) bond motifs is 1. The molecule has 0 saturated carbocycles. The summed E-state index contributed by atoms with van der Waals surface area (Å²) in [4.78, 5) is 29.8. The van der Waals surface area contributed by atoms with Crippen molar-refractivity contribution >= 4 is 54.8 Å². The van der Waals surface area contributed by atoms with Gasteiger partial charge < -0.3 is 34.2 Å². The van der Waals surface area contributed by atoms with Gasteiger partial charge in [-0.25, -0.2) is 9.98 Å². The number of ether oxygens (including phenoxy) is 3. The number of carbonyl (C=O) groups is 2. The van der Waals surface area contributed by atoms with E-state index < -0.39 is 18.1 Å². The van der Waals surface area contributed by atoms with Crippen molar-refractivity contribution in [1.82, 2.24) is 14.9 Å². The number of rotatable bonds is 7. The summed E-state index contributed by atoms with van der Waals surface area (Å²) in [6.07, 6.45) is 1.86. The van der Waals surface area contributed by atoms with Crippen LogP contribution in [0.2, 0.25) is 0 Å². The SMILES string of the molecule is CC.CC(C)C=O.CNC(=O)c1ncn(C2OC(COSI)C3OC(C)(C)OC32)c1/N=C\N. The van der Waals surface area contributed by atoms with Gasteiger partial charge in [0.05, 0.1) is 28.5 Å². The van der Waals surface area contributed by atoms with Gasteiger partial charge >= 0.3 is 0 Å². The second-order valence-electron chi connectivity index (χ2n) is 7.54. The molecule has 0 aromatic carbocycles. The molecule has 3 rings (SSSR count). The lowest BCUT2D eigenvalue weighted by molar-refractivity contribution is -0.198. The fourth-order valence-electron chi connectivity index (χ4n) is 3.13. The number of hydrogen-bond acceptors (Lipinski definition) is 9. The molecule has 1 amide bonds. The van der Waals surface area contributed by atoms with E-state index in [4.69, 9.17) is 24.1 Å². The number of nitrogens with one attached hydrogen (secondary N) is 1. The summed E-state index contributed by atoms with van der Waals surface area (Å²) in [7, 11) is 2.74. The summed E-state index contributed by atoms with van der Waals surface area (Å²) >= 11 is 2.04. The third-order valence-electron chi connectivity index (χ3n) is 4.36. The molecule has 2 fully saturated rings. The summed E-state index contributed by atoms with van der Waals surface area (Å²) in [5, 5.41) is 2.53. The van der Waals surface area contributed by atoms with Crippen LogP contribution in [0.3, 0.4) is 0 Å². The van der Waals surface area contributed by atoms with Crippen molar-refractivity contribution in [3.05, 3.63) is 12.0 Å². The maximum atomic E-state index is 12.1. The molecule has 0 spiro atoms. The van der Waals surface area contributed by atoms with Crippen LogP contribution in [0.15, 0.2) is 11.3 Å². The molecule has 188 valence electrons. The van der Waals surface area contributed by atoms with Crippen LogP contribution >= 0.6 is 30.4 Å². The standard InChI is InChI=1S/C14H20IN5O5S.C4H8O.C2H6/c1-14(2)24-9-7(4-22-26-15)23-13(10(9)25-14)20-6-19-8(12(21)17-3)11(20)18-5-16;1-4(2)3-5;1-2/h5-7,9-10,13H,4H2,1-3H3,(H2,16,18)(H,17,21);3-4H,1-2H3;1-2H3. The topological polar surface area (TPSA) is 139 Å². The van der Waals surface area contributed by atoms with Crippen molar-refractivity contribution < 1.29 is 28.0 Å². The maximum absolute atomic E-state index is 12.1. The first-order valence-electron chi connectivity index (χ1n) is 10.6. The Labute approximate surface area is 211 Å². The molecule has 4 atom stereocenters. The Balaban J connectivity index is 0.000000689. The lowest BCUT2D eigenvalue weighted by Crippen LogP contribution is -2.32. The van der Waals surface area contributed by atoms with Crippen molar-refractivity contribution in [3.63, 3.8) is 0 Å². The Hall–Kier alpha value is -1.26. The molecule has 1 aromatic rings. The smallest absolute Gasteiger partial charge is 0.273 e. The Kier molecular flexibility index (Phi) is 12.8. The van der Waals surface area contributed by atoms with Gasteiger partial charge in [-0.1, -0.05) is 27.7 Å². The second kappa shape index (κ2) is 14.2. The fourth-order valence-corrected chi connectivity index (χ4v) is 3.75. The molecule has 3 N–H and O–H groups in total. The van der Waals surface area contributed by atoms with Crippen molar-refractivity contribution in [3.8, 4) is 0 Å². The van der Waals surface area contributed by atoms with Crippen LogP contribution in [0.1, 0.15) is 58.3 Å². The first kappa shape index (κ1) is 29.8. The molecule has 4 unspecified atom stereocenters. The minimum Gasteiger partial charge on any atom is -0.390 e. The zero-order valence-electron chi connectivity index (χ0n) is 20.0. The van der Waals surface area contributed by atoms with Gasteiger partial charge in [0.2, 0.25) is 0 Å². The fraction of sp³-hybridized carbons (Fsp3) is 0.700. The third-order valence-corrected chi connectivity index (χ3v) is 5.34. The first-order valence-corrected chi connectivity index (χ1v) is 13.9. The largest absolute Gasteiger partial charge is 0.390 e. The monoisotopic (exact) mass is 599 g/mol. The van der Waals surface area contributed by atoms with E-state index in [2.05, 4.69) is 15.3 Å². The van der Waals surface area contributed by atoms with Crippen LogP contribution in [-0.2, 0) is 23.2 Å². The van der Waals surface area contributed by atoms with Crippen LogP contribution in [0.4, 0.5) is 5.82 Å². The van der Waals surface area contributed by atoms with Gasteiger partial charge in [-0.05, 0) is 13.8 Å². The van der Waals surface area contributed by atoms with E-state index in [-0.39, 0.29) is 35.5 Å². The number of imidazole rings is 1. The molecule has 0 bridgehead atoms. The maximum Gasteiger partial charge on any atom is 0.273 e. The minimum atomic E-state index is -0.755. The molecular weight excluding hydrogens is 565 g/mol. The lowest BCUT2D eigenvalue weighted by Gasteiger charge is -2.24. The zero-order valence-corrected chi connectivity index (χ0v) is 23.0. The van der Waals surface area contributed by atoms with Crippen molar-refractivity contribution in [2.45, 2.75) is 71.9 Å². The quantitative estimate of drug-likeness (QED) is 0.159. The Morgan fingerprint density at radius 1 is 1.42 bits per heavy atom. The normalized spacial score (nSPS) is 25.1. The van der Waals surface area contributed by atoms with Crippen LogP contribution < -0.4 is 11.1 Å². The number of aromatic nitrogens is 2. The minimum absolute atomic E-state index is 0.148. The number of aldehydes is 1. The van der Waals surface area contributed by atoms with Crippen LogP contribution in [0, 0.1) is 5.92 Å². The summed E-state index contributed by atoms with van der Waals surface area (Å²) in [5.41, 5.74) is 5.60. The zero-order chi connectivity index (χ0) is 25.2. The van der Waals surface area contributed by atoms with Crippen molar-refractivity contribution in [2.24, 2.45) is 16.6 Å². The van der Waals surface area contributed by atoms with E-state index in [9.17, 15) is 9.59 Å². The van der Waals surface area contributed by atoms with E-state index in [1.54, 1.807) is 4.57 Å². The molecule has 13 heteroatoms. The second-order valence-corrected chi connectivity index (χ2v) is 8.98. The molecule has 0 aliphatic carbocycles. The molecule has 1 aromatic heterocycles. The van der Waals surface area contributed by atoms with E-state index in [0.29, 0.717) is 6.61 Å². The van der Waals surface area contributed by atoms with E-state index in [0.717, 1.165) is 12.6 Å². The molecule has 3 heterocycles. The highest BCUT2D eigenvalue weighted by atomic mass is 127. The lowest BCUT2D eigenvalue weighted by atomic mass is 10.1. The van der Waals surface area contributed by atoms with E-state index in [1.807, 2.05) is 62.7 Å². The highest BCUT2D eigenvalue weighted by Crippen LogP contribution is 2.44. The Morgan fingerprint density at radius 2 is 2.03 bits per heavy atom. The van der Waals surface area contributed by atoms with Crippen molar-refractivity contribution in [1.29, 1.82) is 0 Å². The van der Waals surface area contributed by atoms with Gasteiger partial charge in [0, 0.05) is 34.2 Å². The summed E-state index contributed by atoms with van der Waals surface area (Å²) in [5.74, 6) is -0.637. The van der Waals surface area contributed by atoms with Crippen molar-refractivity contribution in [2.75, 3.05) is 13.7 Å². The third kappa shape index (κ3) is 7.89. The van der Waals surface area contributed by atoms with Gasteiger partial charge in [-0.2, -0.15) is 0 Å². The molecule has 2 aliphatic rings. The Bertz CT molecular complexity index is 791. The number of aliphatic imine (C=N–C) groups is 1. The first-order chi connectivity index (χ1) is 15.7. The molecule has 2 aliphatic heterocycles. The summed E-state index contributed by atoms with van der Waals surface area (Å²) < 4.78 is 25.2. The van der Waals surface area contributed by atoms with Crippen LogP contribution in [-0.4, -0.2) is 65.8 Å².